The standard InChI is InChI=1S/C14H23N/c1-6-13(5)15(11(2)3)14-9-7-12(4)8-10-14/h7-11,13H,6H2,1-5H3. The third-order valence-corrected chi connectivity index (χ3v) is 2.95. The van der Waals surface area contributed by atoms with Gasteiger partial charge in [-0.05, 0) is 46.2 Å². The van der Waals surface area contributed by atoms with Gasteiger partial charge in [-0.3, -0.25) is 0 Å². The van der Waals surface area contributed by atoms with Gasteiger partial charge in [0.05, 0.1) is 0 Å². The molecule has 0 fully saturated rings. The van der Waals surface area contributed by atoms with E-state index >= 15 is 0 Å². The van der Waals surface area contributed by atoms with Crippen molar-refractivity contribution in [3.05, 3.63) is 29.8 Å². The molecule has 1 rings (SSSR count). The Bertz CT molecular complexity index is 287. The third-order valence-electron chi connectivity index (χ3n) is 2.95. The highest BCUT2D eigenvalue weighted by atomic mass is 15.2. The Morgan fingerprint density at radius 2 is 1.60 bits per heavy atom. The monoisotopic (exact) mass is 205 g/mol. The molecule has 0 aliphatic heterocycles. The molecular weight excluding hydrogens is 182 g/mol. The molecule has 15 heavy (non-hydrogen) atoms. The number of hydrogen-bond donors (Lipinski definition) is 0. The lowest BCUT2D eigenvalue weighted by Gasteiger charge is -2.34. The van der Waals surface area contributed by atoms with Gasteiger partial charge in [0.25, 0.3) is 0 Å². The molecule has 0 aromatic heterocycles. The lowest BCUT2D eigenvalue weighted by Crippen LogP contribution is -2.38. The Morgan fingerprint density at radius 3 is 2.00 bits per heavy atom. The average molecular weight is 205 g/mol. The van der Waals surface area contributed by atoms with Gasteiger partial charge in [0.2, 0.25) is 0 Å². The molecule has 0 heterocycles. The fraction of sp³-hybridized carbons (Fsp3) is 0.571. The summed E-state index contributed by atoms with van der Waals surface area (Å²) in [5.74, 6) is 0. The molecule has 0 aliphatic carbocycles. The molecule has 84 valence electrons. The molecule has 1 nitrogen and oxygen atoms in total. The molecule has 1 heteroatoms. The van der Waals surface area contributed by atoms with Gasteiger partial charge in [-0.2, -0.15) is 0 Å². The molecule has 1 atom stereocenters. The van der Waals surface area contributed by atoms with E-state index in [2.05, 4.69) is 63.8 Å². The summed E-state index contributed by atoms with van der Waals surface area (Å²) in [7, 11) is 0. The van der Waals surface area contributed by atoms with Gasteiger partial charge in [-0.1, -0.05) is 24.6 Å². The van der Waals surface area contributed by atoms with Gasteiger partial charge in [0.1, 0.15) is 0 Å². The van der Waals surface area contributed by atoms with E-state index in [1.165, 1.54) is 17.7 Å². The quantitative estimate of drug-likeness (QED) is 0.718. The first-order valence-corrected chi connectivity index (χ1v) is 5.91. The number of anilines is 1. The highest BCUT2D eigenvalue weighted by Crippen LogP contribution is 2.21. The number of benzene rings is 1. The maximum Gasteiger partial charge on any atom is 0.0371 e. The van der Waals surface area contributed by atoms with Gasteiger partial charge in [-0.25, -0.2) is 0 Å². The first-order valence-electron chi connectivity index (χ1n) is 5.91. The van der Waals surface area contributed by atoms with Gasteiger partial charge in [-0.15, -0.1) is 0 Å². The highest BCUT2D eigenvalue weighted by Gasteiger charge is 2.15. The van der Waals surface area contributed by atoms with Crippen LogP contribution in [0.25, 0.3) is 0 Å². The maximum atomic E-state index is 2.49. The van der Waals surface area contributed by atoms with Crippen LogP contribution in [0.3, 0.4) is 0 Å². The van der Waals surface area contributed by atoms with E-state index in [0.717, 1.165) is 0 Å². The molecule has 0 N–H and O–H groups in total. The fourth-order valence-electron chi connectivity index (χ4n) is 1.98. The van der Waals surface area contributed by atoms with Gasteiger partial charge in [0.15, 0.2) is 0 Å². The van der Waals surface area contributed by atoms with Crippen molar-refractivity contribution in [2.24, 2.45) is 0 Å². The minimum absolute atomic E-state index is 0.558. The summed E-state index contributed by atoms with van der Waals surface area (Å²) in [6.45, 7) is 11.2. The summed E-state index contributed by atoms with van der Waals surface area (Å²) in [5, 5.41) is 0. The minimum Gasteiger partial charge on any atom is -0.366 e. The Kier molecular flexibility index (Phi) is 4.19. The van der Waals surface area contributed by atoms with Crippen LogP contribution in [0.1, 0.15) is 39.7 Å². The largest absolute Gasteiger partial charge is 0.366 e. The SMILES string of the molecule is CCC(C)N(c1ccc(C)cc1)C(C)C. The molecule has 0 saturated heterocycles. The van der Waals surface area contributed by atoms with Gasteiger partial charge < -0.3 is 4.90 Å². The zero-order chi connectivity index (χ0) is 11.4. The van der Waals surface area contributed by atoms with Crippen LogP contribution < -0.4 is 4.90 Å². The van der Waals surface area contributed by atoms with Crippen LogP contribution in [0, 0.1) is 6.92 Å². The summed E-state index contributed by atoms with van der Waals surface area (Å²) in [6.07, 6.45) is 1.19. The molecule has 0 saturated carbocycles. The second-order valence-electron chi connectivity index (χ2n) is 4.59. The molecule has 0 radical (unpaired) electrons. The van der Waals surface area contributed by atoms with Crippen LogP contribution in [0.5, 0.6) is 0 Å². The van der Waals surface area contributed by atoms with Crippen molar-refractivity contribution in [1.29, 1.82) is 0 Å². The van der Waals surface area contributed by atoms with Crippen molar-refractivity contribution >= 4 is 5.69 Å². The van der Waals surface area contributed by atoms with Crippen molar-refractivity contribution in [3.63, 3.8) is 0 Å². The highest BCUT2D eigenvalue weighted by molar-refractivity contribution is 5.49. The summed E-state index contributed by atoms with van der Waals surface area (Å²) in [4.78, 5) is 2.49. The smallest absolute Gasteiger partial charge is 0.0371 e. The van der Waals surface area contributed by atoms with Crippen LogP contribution in [0.2, 0.25) is 0 Å². The van der Waals surface area contributed by atoms with Crippen LogP contribution in [0.15, 0.2) is 24.3 Å². The molecule has 0 bridgehead atoms. The Hall–Kier alpha value is -0.980. The number of aryl methyl sites for hydroxylation is 1. The van der Waals surface area contributed by atoms with E-state index in [1.807, 2.05) is 0 Å². The van der Waals surface area contributed by atoms with Crippen molar-refractivity contribution < 1.29 is 0 Å². The molecule has 1 aromatic carbocycles. The molecular formula is C14H23N. The van der Waals surface area contributed by atoms with E-state index < -0.39 is 0 Å². The Balaban J connectivity index is 2.94. The Morgan fingerprint density at radius 1 is 1.07 bits per heavy atom. The normalized spacial score (nSPS) is 12.9. The lowest BCUT2D eigenvalue weighted by molar-refractivity contribution is 0.561. The van der Waals surface area contributed by atoms with E-state index in [4.69, 9.17) is 0 Å². The van der Waals surface area contributed by atoms with Crippen molar-refractivity contribution in [2.75, 3.05) is 4.90 Å². The predicted octanol–water partition coefficient (Wildman–Crippen LogP) is 4.01. The van der Waals surface area contributed by atoms with Gasteiger partial charge in [0, 0.05) is 17.8 Å². The maximum absolute atomic E-state index is 2.49. The Labute approximate surface area is 94.1 Å². The van der Waals surface area contributed by atoms with Gasteiger partial charge >= 0.3 is 0 Å². The van der Waals surface area contributed by atoms with Crippen LogP contribution in [-0.4, -0.2) is 12.1 Å². The minimum atomic E-state index is 0.558. The zero-order valence-electron chi connectivity index (χ0n) is 10.6. The molecule has 0 spiro atoms. The number of nitrogens with zero attached hydrogens (tertiary/aromatic N) is 1. The summed E-state index contributed by atoms with van der Waals surface area (Å²) >= 11 is 0. The summed E-state index contributed by atoms with van der Waals surface area (Å²) in [5.41, 5.74) is 2.66. The topological polar surface area (TPSA) is 3.24 Å². The summed E-state index contributed by atoms with van der Waals surface area (Å²) < 4.78 is 0. The fourth-order valence-corrected chi connectivity index (χ4v) is 1.98. The summed E-state index contributed by atoms with van der Waals surface area (Å²) in [6, 6.07) is 9.98. The van der Waals surface area contributed by atoms with Crippen LogP contribution in [-0.2, 0) is 0 Å². The number of hydrogen-bond acceptors (Lipinski definition) is 1. The third kappa shape index (κ3) is 2.98. The molecule has 0 amide bonds. The van der Waals surface area contributed by atoms with E-state index in [1.54, 1.807) is 0 Å². The van der Waals surface area contributed by atoms with E-state index in [9.17, 15) is 0 Å². The van der Waals surface area contributed by atoms with E-state index in [-0.39, 0.29) is 0 Å². The molecule has 0 aliphatic rings. The zero-order valence-corrected chi connectivity index (χ0v) is 10.6. The molecule has 1 aromatic rings. The average Bonchev–Trinajstić information content (AvgIpc) is 2.20. The van der Waals surface area contributed by atoms with E-state index in [0.29, 0.717) is 12.1 Å². The first-order chi connectivity index (χ1) is 7.06. The molecule has 1 unspecified atom stereocenters. The van der Waals surface area contributed by atoms with Crippen LogP contribution in [0.4, 0.5) is 5.69 Å². The van der Waals surface area contributed by atoms with Crippen molar-refractivity contribution in [3.8, 4) is 0 Å². The second-order valence-corrected chi connectivity index (χ2v) is 4.59. The van der Waals surface area contributed by atoms with Crippen molar-refractivity contribution in [1.82, 2.24) is 0 Å². The lowest BCUT2D eigenvalue weighted by atomic mass is 10.1. The van der Waals surface area contributed by atoms with Crippen molar-refractivity contribution in [2.45, 2.75) is 53.1 Å². The number of rotatable bonds is 4. The first kappa shape index (κ1) is 12.1. The predicted molar refractivity (Wildman–Crippen MR) is 68.5 cm³/mol. The van der Waals surface area contributed by atoms with Crippen LogP contribution >= 0.6 is 0 Å². The second kappa shape index (κ2) is 5.20.